The van der Waals surface area contributed by atoms with Gasteiger partial charge in [-0.05, 0) is 33.1 Å². The van der Waals surface area contributed by atoms with Crippen LogP contribution in [0.5, 0.6) is 5.88 Å². The van der Waals surface area contributed by atoms with Crippen molar-refractivity contribution >= 4 is 11.8 Å². The van der Waals surface area contributed by atoms with Crippen LogP contribution in [0.15, 0.2) is 6.33 Å². The zero-order valence-electron chi connectivity index (χ0n) is 12.9. The van der Waals surface area contributed by atoms with E-state index < -0.39 is 11.4 Å². The lowest BCUT2D eigenvalue weighted by Gasteiger charge is -2.39. The fourth-order valence-electron chi connectivity index (χ4n) is 2.89. The van der Waals surface area contributed by atoms with Crippen LogP contribution in [0.2, 0.25) is 0 Å². The molecule has 21 heavy (non-hydrogen) atoms. The summed E-state index contributed by atoms with van der Waals surface area (Å²) in [6.07, 6.45) is 3.47. The van der Waals surface area contributed by atoms with Gasteiger partial charge in [-0.3, -0.25) is 4.79 Å². The van der Waals surface area contributed by atoms with Gasteiger partial charge in [-0.2, -0.15) is 0 Å². The molecular formula is C15H23N3O3. The van der Waals surface area contributed by atoms with Crippen LogP contribution in [0, 0.1) is 12.3 Å². The number of carbonyl (C=O) groups is 1. The molecule has 0 amide bonds. The Balaban J connectivity index is 2.16. The number of aromatic nitrogens is 2. The summed E-state index contributed by atoms with van der Waals surface area (Å²) in [5, 5.41) is 9.45. The summed E-state index contributed by atoms with van der Waals surface area (Å²) in [4.78, 5) is 22.1. The van der Waals surface area contributed by atoms with Crippen LogP contribution in [0.1, 0.15) is 38.7 Å². The van der Waals surface area contributed by atoms with E-state index >= 15 is 0 Å². The number of carboxylic acids is 1. The third-order valence-electron chi connectivity index (χ3n) is 4.44. The minimum Gasteiger partial charge on any atom is -0.481 e. The van der Waals surface area contributed by atoms with E-state index in [1.807, 2.05) is 20.8 Å². The van der Waals surface area contributed by atoms with Crippen molar-refractivity contribution in [3.63, 3.8) is 0 Å². The second kappa shape index (κ2) is 6.28. The summed E-state index contributed by atoms with van der Waals surface area (Å²) >= 11 is 0. The van der Waals surface area contributed by atoms with Crippen LogP contribution in [0.3, 0.4) is 0 Å². The highest BCUT2D eigenvalue weighted by molar-refractivity contribution is 5.75. The fourth-order valence-corrected chi connectivity index (χ4v) is 2.89. The highest BCUT2D eigenvalue weighted by Gasteiger charge is 2.40. The van der Waals surface area contributed by atoms with Gasteiger partial charge in [0.1, 0.15) is 12.1 Å². The first-order chi connectivity index (χ1) is 10.0. The molecular weight excluding hydrogens is 270 g/mol. The molecule has 0 unspecified atom stereocenters. The lowest BCUT2D eigenvalue weighted by molar-refractivity contribution is -0.150. The first-order valence-corrected chi connectivity index (χ1v) is 7.47. The minimum atomic E-state index is -0.681. The second-order valence-electron chi connectivity index (χ2n) is 5.49. The average molecular weight is 293 g/mol. The Labute approximate surface area is 125 Å². The summed E-state index contributed by atoms with van der Waals surface area (Å²) in [6, 6.07) is 0. The smallest absolute Gasteiger partial charge is 0.309 e. The van der Waals surface area contributed by atoms with E-state index in [2.05, 4.69) is 14.9 Å². The summed E-state index contributed by atoms with van der Waals surface area (Å²) in [6.45, 7) is 7.78. The molecule has 1 aliphatic rings. The molecule has 0 radical (unpaired) electrons. The van der Waals surface area contributed by atoms with E-state index in [-0.39, 0.29) is 0 Å². The maximum atomic E-state index is 11.5. The van der Waals surface area contributed by atoms with Crippen LogP contribution >= 0.6 is 0 Å². The average Bonchev–Trinajstić information content (AvgIpc) is 2.49. The van der Waals surface area contributed by atoms with Gasteiger partial charge >= 0.3 is 5.97 Å². The maximum absolute atomic E-state index is 11.5. The predicted molar refractivity (Wildman–Crippen MR) is 79.7 cm³/mol. The van der Waals surface area contributed by atoms with Crippen LogP contribution in [-0.4, -0.2) is 40.7 Å². The molecule has 0 spiro atoms. The van der Waals surface area contributed by atoms with Crippen LogP contribution in [-0.2, 0) is 4.79 Å². The molecule has 6 heteroatoms. The molecule has 0 aliphatic carbocycles. The number of ether oxygens (including phenoxy) is 1. The Morgan fingerprint density at radius 1 is 1.38 bits per heavy atom. The zero-order valence-corrected chi connectivity index (χ0v) is 12.9. The van der Waals surface area contributed by atoms with Gasteiger partial charge in [-0.1, -0.05) is 6.92 Å². The molecule has 1 aromatic rings. The number of piperidine rings is 1. The number of aliphatic carboxylic acids is 1. The van der Waals surface area contributed by atoms with Gasteiger partial charge in [-0.15, -0.1) is 0 Å². The molecule has 2 heterocycles. The third kappa shape index (κ3) is 2.94. The van der Waals surface area contributed by atoms with E-state index in [1.54, 1.807) is 0 Å². The Kier molecular flexibility index (Phi) is 4.65. The molecule has 0 aromatic carbocycles. The van der Waals surface area contributed by atoms with Crippen molar-refractivity contribution in [2.45, 2.75) is 40.0 Å². The molecule has 1 aromatic heterocycles. The molecule has 2 rings (SSSR count). The van der Waals surface area contributed by atoms with E-state index in [0.717, 1.165) is 11.4 Å². The van der Waals surface area contributed by atoms with Crippen molar-refractivity contribution in [1.82, 2.24) is 9.97 Å². The van der Waals surface area contributed by atoms with Crippen molar-refractivity contribution in [1.29, 1.82) is 0 Å². The van der Waals surface area contributed by atoms with Crippen molar-refractivity contribution in [3.8, 4) is 5.88 Å². The Hall–Kier alpha value is -1.85. The quantitative estimate of drug-likeness (QED) is 0.897. The van der Waals surface area contributed by atoms with E-state index in [9.17, 15) is 9.90 Å². The second-order valence-corrected chi connectivity index (χ2v) is 5.49. The number of anilines is 1. The number of carboxylic acid groups (broad SMARTS) is 1. The lowest BCUT2D eigenvalue weighted by atomic mass is 9.76. The number of rotatable bonds is 5. The highest BCUT2D eigenvalue weighted by Crippen LogP contribution is 2.37. The molecule has 0 saturated carbocycles. The van der Waals surface area contributed by atoms with Crippen molar-refractivity contribution in [3.05, 3.63) is 11.9 Å². The van der Waals surface area contributed by atoms with Crippen molar-refractivity contribution in [2.24, 2.45) is 5.41 Å². The molecule has 6 nitrogen and oxygen atoms in total. The van der Waals surface area contributed by atoms with E-state index in [4.69, 9.17) is 4.74 Å². The van der Waals surface area contributed by atoms with Crippen LogP contribution < -0.4 is 9.64 Å². The van der Waals surface area contributed by atoms with Gasteiger partial charge in [0.15, 0.2) is 0 Å². The Morgan fingerprint density at radius 3 is 2.57 bits per heavy atom. The molecule has 1 fully saturated rings. The van der Waals surface area contributed by atoms with Crippen LogP contribution in [0.25, 0.3) is 0 Å². The normalized spacial score (nSPS) is 17.6. The topological polar surface area (TPSA) is 75.6 Å². The van der Waals surface area contributed by atoms with Gasteiger partial charge in [0.2, 0.25) is 5.88 Å². The highest BCUT2D eigenvalue weighted by atomic mass is 16.5. The molecule has 0 atom stereocenters. The Morgan fingerprint density at radius 2 is 2.05 bits per heavy atom. The summed E-state index contributed by atoms with van der Waals surface area (Å²) < 4.78 is 5.50. The molecule has 1 N–H and O–H groups in total. The summed E-state index contributed by atoms with van der Waals surface area (Å²) in [7, 11) is 0. The maximum Gasteiger partial charge on any atom is 0.309 e. The Bertz CT molecular complexity index is 511. The monoisotopic (exact) mass is 293 g/mol. The molecule has 1 saturated heterocycles. The predicted octanol–water partition coefficient (Wildman–Crippen LogP) is 2.26. The van der Waals surface area contributed by atoms with Crippen LogP contribution in [0.4, 0.5) is 5.82 Å². The van der Waals surface area contributed by atoms with Crippen molar-refractivity contribution in [2.75, 3.05) is 24.6 Å². The van der Waals surface area contributed by atoms with Gasteiger partial charge < -0.3 is 14.7 Å². The molecule has 116 valence electrons. The standard InChI is InChI=1S/C15H23N3O3/c1-4-15(14(19)20)6-8-18(9-7-15)12-11(3)13(21-5-2)17-10-16-12/h10H,4-9H2,1-3H3,(H,19,20). The number of hydrogen-bond donors (Lipinski definition) is 1. The SMILES string of the molecule is CCOc1ncnc(N2CCC(CC)(C(=O)O)CC2)c1C. The van der Waals surface area contributed by atoms with Gasteiger partial charge in [-0.25, -0.2) is 9.97 Å². The summed E-state index contributed by atoms with van der Waals surface area (Å²) in [5.74, 6) is 0.774. The first kappa shape index (κ1) is 15.5. The van der Waals surface area contributed by atoms with E-state index in [1.165, 1.54) is 6.33 Å². The van der Waals surface area contributed by atoms with E-state index in [0.29, 0.717) is 44.8 Å². The third-order valence-corrected chi connectivity index (χ3v) is 4.44. The van der Waals surface area contributed by atoms with Gasteiger partial charge in [0, 0.05) is 13.1 Å². The fraction of sp³-hybridized carbons (Fsp3) is 0.667. The first-order valence-electron chi connectivity index (χ1n) is 7.47. The van der Waals surface area contributed by atoms with Crippen molar-refractivity contribution < 1.29 is 14.6 Å². The molecule has 1 aliphatic heterocycles. The molecule has 0 bridgehead atoms. The zero-order chi connectivity index (χ0) is 15.5. The minimum absolute atomic E-state index is 0.565. The summed E-state index contributed by atoms with van der Waals surface area (Å²) in [5.41, 5.74) is 0.332. The number of nitrogens with zero attached hydrogens (tertiary/aromatic N) is 3. The van der Waals surface area contributed by atoms with Gasteiger partial charge in [0.05, 0.1) is 17.6 Å². The largest absolute Gasteiger partial charge is 0.481 e. The number of hydrogen-bond acceptors (Lipinski definition) is 5. The van der Waals surface area contributed by atoms with Gasteiger partial charge in [0.25, 0.3) is 0 Å². The lowest BCUT2D eigenvalue weighted by Crippen LogP contribution is -2.44.